The van der Waals surface area contributed by atoms with E-state index in [1.807, 2.05) is 68.5 Å². The van der Waals surface area contributed by atoms with Crippen molar-refractivity contribution in [2.75, 3.05) is 13.7 Å². The zero-order valence-corrected chi connectivity index (χ0v) is 26.3. The van der Waals surface area contributed by atoms with Gasteiger partial charge in [-0.25, -0.2) is 4.68 Å². The number of amides is 2. The lowest BCUT2D eigenvalue weighted by atomic mass is 10.0. The van der Waals surface area contributed by atoms with Gasteiger partial charge in [0.25, 0.3) is 0 Å². The molecule has 10 nitrogen and oxygen atoms in total. The largest absolute Gasteiger partial charge is 0.376 e. The Morgan fingerprint density at radius 1 is 1.05 bits per heavy atom. The normalized spacial score (nSPS) is 12.9. The number of carbonyl (C=O) groups is 3. The molecule has 3 N–H and O–H groups in total. The molecule has 1 heterocycles. The summed E-state index contributed by atoms with van der Waals surface area (Å²) in [5.41, 5.74) is 0.170. The Morgan fingerprint density at radius 3 is 2.11 bits per heavy atom. The van der Waals surface area contributed by atoms with Gasteiger partial charge in [-0.3, -0.25) is 14.4 Å². The van der Waals surface area contributed by atoms with E-state index >= 15 is 0 Å². The van der Waals surface area contributed by atoms with Crippen LogP contribution in [0.5, 0.6) is 0 Å². The second-order valence-corrected chi connectivity index (χ2v) is 10.7. The van der Waals surface area contributed by atoms with E-state index in [1.165, 1.54) is 6.92 Å². The summed E-state index contributed by atoms with van der Waals surface area (Å²) in [7, 11) is 1.67. The van der Waals surface area contributed by atoms with Gasteiger partial charge >= 0.3 is 0 Å². The Morgan fingerprint density at radius 2 is 1.63 bits per heavy atom. The highest BCUT2D eigenvalue weighted by Crippen LogP contribution is 2.20. The van der Waals surface area contributed by atoms with Crippen molar-refractivity contribution in [1.82, 2.24) is 30.9 Å². The number of ether oxygens (including phenoxy) is 1. The summed E-state index contributed by atoms with van der Waals surface area (Å²) in [4.78, 5) is 36.6. The number of carbonyl (C=O) groups excluding carboxylic acids is 3. The molecule has 0 fully saturated rings. The average molecular weight is 541 g/mol. The van der Waals surface area contributed by atoms with Crippen LogP contribution in [-0.4, -0.2) is 63.9 Å². The molecule has 0 aromatic carbocycles. The molecule has 1 rings (SSSR count). The molecule has 38 heavy (non-hydrogen) atoms. The molecule has 10 heteroatoms. The molecule has 1 aromatic rings. The van der Waals surface area contributed by atoms with Gasteiger partial charge in [-0.15, -0.1) is 5.10 Å². The van der Waals surface area contributed by atoms with E-state index in [0.717, 1.165) is 6.42 Å². The molecule has 0 spiro atoms. The molecular weight excluding hydrogens is 484 g/mol. The molecule has 0 aliphatic carbocycles. The minimum absolute atomic E-state index is 0.00857. The molecule has 0 aliphatic heterocycles. The second kappa shape index (κ2) is 18.8. The third-order valence-corrected chi connectivity index (χ3v) is 5.60. The fraction of sp³-hybridized carbons (Fsp3) is 0.821. The minimum Gasteiger partial charge on any atom is -0.376 e. The molecule has 2 amide bonds. The molecule has 2 atom stereocenters. The van der Waals surface area contributed by atoms with E-state index in [0.29, 0.717) is 18.7 Å². The summed E-state index contributed by atoms with van der Waals surface area (Å²) < 4.78 is 7.62. The zero-order valence-electron chi connectivity index (χ0n) is 26.3. The van der Waals surface area contributed by atoms with Gasteiger partial charge in [0.05, 0.1) is 36.0 Å². The van der Waals surface area contributed by atoms with E-state index in [1.54, 1.807) is 11.7 Å². The van der Waals surface area contributed by atoms with Crippen molar-refractivity contribution in [3.63, 3.8) is 0 Å². The van der Waals surface area contributed by atoms with Crippen LogP contribution in [0.15, 0.2) is 6.20 Å². The van der Waals surface area contributed by atoms with Gasteiger partial charge in [0.2, 0.25) is 11.8 Å². The summed E-state index contributed by atoms with van der Waals surface area (Å²) >= 11 is 0. The number of aromatic nitrogens is 3. The van der Waals surface area contributed by atoms with Gasteiger partial charge in [0.15, 0.2) is 5.78 Å². The summed E-state index contributed by atoms with van der Waals surface area (Å²) in [6.07, 6.45) is 3.04. The Hall–Kier alpha value is -2.33. The van der Waals surface area contributed by atoms with E-state index < -0.39 is 12.1 Å². The van der Waals surface area contributed by atoms with Crippen molar-refractivity contribution in [3.05, 3.63) is 11.9 Å². The first-order valence-electron chi connectivity index (χ1n) is 14.0. The smallest absolute Gasteiger partial charge is 0.237 e. The standard InChI is InChI=1S/C24H44N6O4.2C2H6/c1-16(2)21(17(3)31)27-20(32)11-10-19(25-9)22(33)26-14-18-15-30(29-28-18)24(7,8)12-13-34-23(4,5)6;2*1-2/h15-16,19,21,25H,10-14H2,1-9H3,(H,26,33)(H,27,32);2*1-2H3. The summed E-state index contributed by atoms with van der Waals surface area (Å²) in [6, 6.07) is -1.05. The van der Waals surface area contributed by atoms with E-state index in [9.17, 15) is 14.4 Å². The van der Waals surface area contributed by atoms with Gasteiger partial charge in [-0.05, 0) is 67.3 Å². The highest BCUT2D eigenvalue weighted by Gasteiger charge is 2.25. The van der Waals surface area contributed by atoms with Gasteiger partial charge in [-0.1, -0.05) is 46.8 Å². The van der Waals surface area contributed by atoms with Crippen LogP contribution in [0.3, 0.4) is 0 Å². The van der Waals surface area contributed by atoms with Crippen LogP contribution in [0, 0.1) is 5.92 Å². The number of rotatable bonds is 14. The average Bonchev–Trinajstić information content (AvgIpc) is 3.33. The molecule has 0 saturated carbocycles. The fourth-order valence-electron chi connectivity index (χ4n) is 3.36. The van der Waals surface area contributed by atoms with Gasteiger partial charge in [0.1, 0.15) is 5.69 Å². The number of likely N-dealkylation sites (N-methyl/N-ethyl adjacent to an activating group) is 1. The molecule has 0 bridgehead atoms. The third-order valence-electron chi connectivity index (χ3n) is 5.60. The monoisotopic (exact) mass is 540 g/mol. The van der Waals surface area contributed by atoms with Gasteiger partial charge in [0, 0.05) is 13.0 Å². The van der Waals surface area contributed by atoms with Crippen molar-refractivity contribution in [2.24, 2.45) is 5.92 Å². The predicted molar refractivity (Wildman–Crippen MR) is 154 cm³/mol. The highest BCUT2D eigenvalue weighted by molar-refractivity contribution is 5.88. The van der Waals surface area contributed by atoms with Crippen LogP contribution >= 0.6 is 0 Å². The fourth-order valence-corrected chi connectivity index (χ4v) is 3.36. The van der Waals surface area contributed by atoms with Crippen LogP contribution < -0.4 is 16.0 Å². The van der Waals surface area contributed by atoms with Crippen LogP contribution in [0.2, 0.25) is 0 Å². The molecule has 0 aliphatic rings. The zero-order chi connectivity index (χ0) is 30.1. The molecule has 0 radical (unpaired) electrons. The second-order valence-electron chi connectivity index (χ2n) is 10.7. The summed E-state index contributed by atoms with van der Waals surface area (Å²) in [5, 5.41) is 16.9. The van der Waals surface area contributed by atoms with Crippen molar-refractivity contribution < 1.29 is 19.1 Å². The summed E-state index contributed by atoms with van der Waals surface area (Å²) in [6.45, 7) is 24.3. The first-order chi connectivity index (χ1) is 17.7. The summed E-state index contributed by atoms with van der Waals surface area (Å²) in [5.74, 6) is -0.546. The maximum absolute atomic E-state index is 12.6. The SMILES string of the molecule is CC.CC.CNC(CCC(=O)NC(C(C)=O)C(C)C)C(=O)NCc1cn(C(C)(C)CCOC(C)(C)C)nn1. The van der Waals surface area contributed by atoms with Crippen LogP contribution in [0.25, 0.3) is 0 Å². The Bertz CT molecular complexity index is 815. The van der Waals surface area contributed by atoms with Crippen molar-refractivity contribution in [1.29, 1.82) is 0 Å². The number of hydrogen-bond acceptors (Lipinski definition) is 7. The molecule has 0 saturated heterocycles. The Labute approximate surface area is 231 Å². The minimum atomic E-state index is -0.540. The topological polar surface area (TPSA) is 127 Å². The predicted octanol–water partition coefficient (Wildman–Crippen LogP) is 3.99. The van der Waals surface area contributed by atoms with Gasteiger partial charge in [-0.2, -0.15) is 0 Å². The van der Waals surface area contributed by atoms with Crippen molar-refractivity contribution >= 4 is 17.6 Å². The number of nitrogens with zero attached hydrogens (tertiary/aromatic N) is 3. The molecular formula is C28H56N6O4. The molecule has 1 aromatic heterocycles. The number of Topliss-reactive ketones (excluding diaryl/α,β-unsaturated/α-hetero) is 1. The van der Waals surface area contributed by atoms with Crippen molar-refractivity contribution in [2.45, 2.75) is 132 Å². The number of nitrogens with one attached hydrogen (secondary N) is 3. The van der Waals surface area contributed by atoms with Gasteiger partial charge < -0.3 is 20.7 Å². The van der Waals surface area contributed by atoms with Crippen LogP contribution in [-0.2, 0) is 31.2 Å². The van der Waals surface area contributed by atoms with Crippen LogP contribution in [0.4, 0.5) is 0 Å². The number of ketones is 1. The highest BCUT2D eigenvalue weighted by atomic mass is 16.5. The third kappa shape index (κ3) is 15.2. The maximum Gasteiger partial charge on any atom is 0.237 e. The molecule has 2 unspecified atom stereocenters. The molecule has 222 valence electrons. The van der Waals surface area contributed by atoms with E-state index in [-0.39, 0.29) is 47.6 Å². The lowest BCUT2D eigenvalue weighted by Gasteiger charge is -2.27. The Kier molecular flexibility index (Phi) is 18.8. The first kappa shape index (κ1) is 37.8. The van der Waals surface area contributed by atoms with E-state index in [4.69, 9.17) is 4.74 Å². The number of hydrogen-bond donors (Lipinski definition) is 3. The van der Waals surface area contributed by atoms with E-state index in [2.05, 4.69) is 40.1 Å². The first-order valence-corrected chi connectivity index (χ1v) is 14.0. The lowest BCUT2D eigenvalue weighted by Crippen LogP contribution is -2.45. The Balaban J connectivity index is 0. The quantitative estimate of drug-likeness (QED) is 0.326. The van der Waals surface area contributed by atoms with Crippen molar-refractivity contribution in [3.8, 4) is 0 Å². The maximum atomic E-state index is 12.6. The van der Waals surface area contributed by atoms with Crippen LogP contribution in [0.1, 0.15) is 108 Å². The lowest BCUT2D eigenvalue weighted by molar-refractivity contribution is -0.128.